The fraction of sp³-hybridized carbons (Fsp3) is 0.385. The molecule has 0 radical (unpaired) electrons. The molecule has 5 aromatic carbocycles. The van der Waals surface area contributed by atoms with Gasteiger partial charge in [0.15, 0.2) is 23.0 Å². The lowest BCUT2D eigenvalue weighted by Crippen LogP contribution is -2.61. The molecule has 0 atom stereocenters. The molecule has 0 amide bonds. The van der Waals surface area contributed by atoms with Crippen molar-refractivity contribution in [2.45, 2.75) is 106 Å². The molecule has 8 heteroatoms. The molecular weight excluding hydrogens is 759 g/mol. The Morgan fingerprint density at radius 1 is 0.517 bits per heavy atom. The van der Waals surface area contributed by atoms with Gasteiger partial charge >= 0.3 is 0 Å². The summed E-state index contributed by atoms with van der Waals surface area (Å²) in [5, 5.41) is 2.54. The van der Waals surface area contributed by atoms with Crippen LogP contribution < -0.4 is 45.1 Å². The third-order valence-corrected chi connectivity index (χ3v) is 14.3. The van der Waals surface area contributed by atoms with E-state index in [1.165, 1.54) is 76.4 Å². The van der Waals surface area contributed by atoms with Gasteiger partial charge < -0.3 is 28.7 Å². The standard InChI is InChI=1S/C52H57BN2O4S/c1-28-20-33(51(8,9)10)21-29(2)46(28)54-37-27-41-40(56-16-17-57-41)26-36(37)53-44-35-23-32(50(5,6)7)14-15-43(35)60-49(44)55(39-25-34(52(11,12)13)24-38(54)45(39)53)47-30(3)22-42-48(31(47)4)59-19-18-58-42/h14-15,20-27H,16-19H2,1-13H3. The van der Waals surface area contributed by atoms with Crippen molar-refractivity contribution in [1.82, 2.24) is 0 Å². The minimum Gasteiger partial charge on any atom is -0.486 e. The van der Waals surface area contributed by atoms with E-state index in [0.29, 0.717) is 26.4 Å². The van der Waals surface area contributed by atoms with Crippen LogP contribution in [0.5, 0.6) is 23.0 Å². The maximum Gasteiger partial charge on any atom is 0.254 e. The fourth-order valence-electron chi connectivity index (χ4n) is 10.00. The number of hydrogen-bond acceptors (Lipinski definition) is 7. The van der Waals surface area contributed by atoms with Crippen LogP contribution in [0.15, 0.2) is 60.7 Å². The van der Waals surface area contributed by atoms with Crippen LogP contribution in [0.25, 0.3) is 10.1 Å². The molecule has 6 nitrogen and oxygen atoms in total. The van der Waals surface area contributed by atoms with Gasteiger partial charge in [-0.1, -0.05) is 86.6 Å². The predicted octanol–water partition coefficient (Wildman–Crippen LogP) is 11.7. The smallest absolute Gasteiger partial charge is 0.254 e. The number of thiophene rings is 1. The highest BCUT2D eigenvalue weighted by molar-refractivity contribution is 7.26. The van der Waals surface area contributed by atoms with E-state index >= 15 is 0 Å². The van der Waals surface area contributed by atoms with Gasteiger partial charge in [-0.15, -0.1) is 11.3 Å². The van der Waals surface area contributed by atoms with Crippen LogP contribution in [0.1, 0.15) is 101 Å². The van der Waals surface area contributed by atoms with Gasteiger partial charge in [-0.25, -0.2) is 0 Å². The molecule has 4 aliphatic rings. The van der Waals surface area contributed by atoms with Crippen LogP contribution in [0.4, 0.5) is 33.4 Å². The zero-order valence-electron chi connectivity index (χ0n) is 37.6. The summed E-state index contributed by atoms with van der Waals surface area (Å²) < 4.78 is 26.8. The summed E-state index contributed by atoms with van der Waals surface area (Å²) >= 11 is 1.90. The van der Waals surface area contributed by atoms with E-state index < -0.39 is 0 Å². The van der Waals surface area contributed by atoms with E-state index in [1.54, 1.807) is 0 Å². The first-order chi connectivity index (χ1) is 28.3. The normalized spacial score (nSPS) is 15.6. The molecule has 0 N–H and O–H groups in total. The first-order valence-electron chi connectivity index (χ1n) is 21.6. The summed E-state index contributed by atoms with van der Waals surface area (Å²) in [5.41, 5.74) is 18.3. The minimum atomic E-state index is -0.148. The van der Waals surface area contributed by atoms with Crippen molar-refractivity contribution in [1.29, 1.82) is 0 Å². The summed E-state index contributed by atoms with van der Waals surface area (Å²) in [6.07, 6.45) is 0. The highest BCUT2D eigenvalue weighted by Crippen LogP contribution is 2.54. The minimum absolute atomic E-state index is 0.0106. The topological polar surface area (TPSA) is 43.4 Å². The van der Waals surface area contributed by atoms with Crippen LogP contribution in [-0.4, -0.2) is 33.1 Å². The van der Waals surface area contributed by atoms with E-state index in [1.807, 2.05) is 11.3 Å². The maximum absolute atomic E-state index is 6.44. The third-order valence-electron chi connectivity index (χ3n) is 13.1. The highest BCUT2D eigenvalue weighted by Gasteiger charge is 2.48. The number of hydrogen-bond donors (Lipinski definition) is 0. The zero-order valence-corrected chi connectivity index (χ0v) is 38.4. The van der Waals surface area contributed by atoms with Crippen molar-refractivity contribution in [3.63, 3.8) is 0 Å². The van der Waals surface area contributed by atoms with Gasteiger partial charge in [0.2, 0.25) is 0 Å². The summed E-state index contributed by atoms with van der Waals surface area (Å²) in [4.78, 5) is 5.16. The van der Waals surface area contributed by atoms with Crippen molar-refractivity contribution in [3.8, 4) is 23.0 Å². The molecule has 308 valence electrons. The Hall–Kier alpha value is -5.08. The maximum atomic E-state index is 6.44. The van der Waals surface area contributed by atoms with Crippen molar-refractivity contribution in [2.24, 2.45) is 0 Å². The first kappa shape index (κ1) is 39.1. The SMILES string of the molecule is Cc1cc(C(C)(C)C)cc(C)c1N1c2cc3c(cc2B2c4c1cc(C(C)(C)C)cc4N(c1c(C)cc4c(c1C)OCCO4)c1sc4ccc(C(C)(C)C)cc4c12)OCCO3. The molecule has 1 aromatic heterocycles. The monoisotopic (exact) mass is 816 g/mol. The van der Waals surface area contributed by atoms with Gasteiger partial charge in [0.25, 0.3) is 6.71 Å². The van der Waals surface area contributed by atoms with Crippen LogP contribution >= 0.6 is 11.3 Å². The highest BCUT2D eigenvalue weighted by atomic mass is 32.1. The quantitative estimate of drug-likeness (QED) is 0.162. The molecule has 5 heterocycles. The second-order valence-electron chi connectivity index (χ2n) is 20.5. The first-order valence-corrected chi connectivity index (χ1v) is 22.4. The second-order valence-corrected chi connectivity index (χ2v) is 21.5. The van der Waals surface area contributed by atoms with E-state index in [-0.39, 0.29) is 23.0 Å². The molecule has 6 aromatic rings. The Morgan fingerprint density at radius 3 is 1.70 bits per heavy atom. The number of nitrogens with zero attached hydrogens (tertiary/aromatic N) is 2. The Labute approximate surface area is 360 Å². The number of benzene rings is 5. The van der Waals surface area contributed by atoms with Gasteiger partial charge in [0.1, 0.15) is 26.4 Å². The van der Waals surface area contributed by atoms with Gasteiger partial charge in [0.05, 0.1) is 16.4 Å². The fourth-order valence-corrected chi connectivity index (χ4v) is 11.2. The van der Waals surface area contributed by atoms with Crippen molar-refractivity contribution < 1.29 is 18.9 Å². The molecule has 10 rings (SSSR count). The largest absolute Gasteiger partial charge is 0.486 e. The van der Waals surface area contributed by atoms with Crippen LogP contribution in [0.2, 0.25) is 0 Å². The average molecular weight is 817 g/mol. The Kier molecular flexibility index (Phi) is 8.61. The molecule has 60 heavy (non-hydrogen) atoms. The van der Waals surface area contributed by atoms with E-state index in [2.05, 4.69) is 160 Å². The molecule has 0 bridgehead atoms. The molecule has 0 unspecified atom stereocenters. The number of anilines is 6. The zero-order chi connectivity index (χ0) is 42.4. The van der Waals surface area contributed by atoms with Crippen molar-refractivity contribution >= 4 is 78.0 Å². The van der Waals surface area contributed by atoms with E-state index in [4.69, 9.17) is 18.9 Å². The molecular formula is C52H57BN2O4S. The Balaban J connectivity index is 1.38. The van der Waals surface area contributed by atoms with E-state index in [0.717, 1.165) is 45.5 Å². The molecule has 0 spiro atoms. The van der Waals surface area contributed by atoms with Crippen LogP contribution in [0, 0.1) is 27.7 Å². The van der Waals surface area contributed by atoms with E-state index in [9.17, 15) is 0 Å². The summed E-state index contributed by atoms with van der Waals surface area (Å²) in [5.74, 6) is 3.27. The molecule has 0 aliphatic carbocycles. The number of fused-ring (bicyclic) bond motifs is 8. The average Bonchev–Trinajstić information content (AvgIpc) is 3.56. The third kappa shape index (κ3) is 5.87. The molecule has 0 saturated carbocycles. The Morgan fingerprint density at radius 2 is 1.07 bits per heavy atom. The van der Waals surface area contributed by atoms with Crippen LogP contribution in [-0.2, 0) is 16.2 Å². The summed E-state index contributed by atoms with van der Waals surface area (Å²) in [7, 11) is 0. The van der Waals surface area contributed by atoms with Gasteiger partial charge in [0, 0.05) is 33.4 Å². The lowest BCUT2D eigenvalue weighted by atomic mass is 9.33. The lowest BCUT2D eigenvalue weighted by Gasteiger charge is -2.45. The van der Waals surface area contributed by atoms with Crippen molar-refractivity contribution in [3.05, 3.63) is 99.6 Å². The number of ether oxygens (including phenoxy) is 4. The van der Waals surface area contributed by atoms with Gasteiger partial charge in [-0.05, 0) is 129 Å². The van der Waals surface area contributed by atoms with Gasteiger partial charge in [-0.2, -0.15) is 0 Å². The number of rotatable bonds is 2. The van der Waals surface area contributed by atoms with Gasteiger partial charge in [-0.3, -0.25) is 0 Å². The summed E-state index contributed by atoms with van der Waals surface area (Å²) in [6.45, 7) is 31.9. The van der Waals surface area contributed by atoms with Crippen LogP contribution in [0.3, 0.4) is 0 Å². The number of aryl methyl sites for hydroxylation is 3. The van der Waals surface area contributed by atoms with Crippen molar-refractivity contribution in [2.75, 3.05) is 36.2 Å². The Bertz CT molecular complexity index is 2780. The lowest BCUT2D eigenvalue weighted by molar-refractivity contribution is 0.170. The molecule has 4 aliphatic heterocycles. The predicted molar refractivity (Wildman–Crippen MR) is 253 cm³/mol. The second kappa shape index (κ2) is 13.2. The molecule has 0 saturated heterocycles. The molecule has 0 fully saturated rings. The summed E-state index contributed by atoms with van der Waals surface area (Å²) in [6, 6.07) is 23.7.